The average molecular weight is 212 g/mol. The molecule has 3 nitrogen and oxygen atoms in total. The van der Waals surface area contributed by atoms with Gasteiger partial charge in [-0.3, -0.25) is 0 Å². The van der Waals surface area contributed by atoms with Gasteiger partial charge in [0.2, 0.25) is 0 Å². The molecule has 2 fully saturated rings. The molecule has 0 amide bonds. The summed E-state index contributed by atoms with van der Waals surface area (Å²) >= 11 is 0. The van der Waals surface area contributed by atoms with Gasteiger partial charge in [-0.1, -0.05) is 0 Å². The number of nitrogens with one attached hydrogen (secondary N) is 1. The minimum Gasteiger partial charge on any atom is -0.389 e. The van der Waals surface area contributed by atoms with Gasteiger partial charge in [0.15, 0.2) is 0 Å². The zero-order valence-corrected chi connectivity index (χ0v) is 10.00. The van der Waals surface area contributed by atoms with Gasteiger partial charge in [-0.2, -0.15) is 0 Å². The molecule has 88 valence electrons. The summed E-state index contributed by atoms with van der Waals surface area (Å²) in [5.74, 6) is 1.76. The van der Waals surface area contributed by atoms with E-state index in [1.54, 1.807) is 0 Å². The number of piperidine rings is 1. The highest BCUT2D eigenvalue weighted by Crippen LogP contribution is 2.27. The van der Waals surface area contributed by atoms with E-state index in [0.29, 0.717) is 0 Å². The van der Waals surface area contributed by atoms with Crippen LogP contribution < -0.4 is 5.32 Å². The van der Waals surface area contributed by atoms with Crippen LogP contribution >= 0.6 is 0 Å². The van der Waals surface area contributed by atoms with Crippen molar-refractivity contribution in [1.29, 1.82) is 0 Å². The lowest BCUT2D eigenvalue weighted by atomic mass is 9.81. The highest BCUT2D eigenvalue weighted by molar-refractivity contribution is 4.87. The number of hydrogen-bond donors (Lipinski definition) is 2. The molecule has 0 radical (unpaired) electrons. The van der Waals surface area contributed by atoms with E-state index in [1.807, 2.05) is 13.8 Å². The topological polar surface area (TPSA) is 35.5 Å². The van der Waals surface area contributed by atoms with Crippen LogP contribution in [0.25, 0.3) is 0 Å². The molecule has 0 aromatic carbocycles. The van der Waals surface area contributed by atoms with Crippen LogP contribution in [0.3, 0.4) is 0 Å². The lowest BCUT2D eigenvalue weighted by Crippen LogP contribution is -2.52. The second kappa shape index (κ2) is 4.40. The summed E-state index contributed by atoms with van der Waals surface area (Å²) in [6.07, 6.45) is 2.69. The predicted molar refractivity (Wildman–Crippen MR) is 61.8 cm³/mol. The van der Waals surface area contributed by atoms with Gasteiger partial charge in [0, 0.05) is 13.1 Å². The van der Waals surface area contributed by atoms with Gasteiger partial charge >= 0.3 is 0 Å². The predicted octanol–water partition coefficient (Wildman–Crippen LogP) is 0.689. The molecule has 0 bridgehead atoms. The summed E-state index contributed by atoms with van der Waals surface area (Å²) in [6, 6.07) is 0. The van der Waals surface area contributed by atoms with Crippen molar-refractivity contribution in [3.05, 3.63) is 0 Å². The third-order valence-electron chi connectivity index (χ3n) is 3.63. The maximum absolute atomic E-state index is 9.81. The monoisotopic (exact) mass is 212 g/mol. The van der Waals surface area contributed by atoms with Crippen LogP contribution in [0.1, 0.15) is 26.7 Å². The molecule has 2 rings (SSSR count). The third kappa shape index (κ3) is 3.16. The molecule has 2 aliphatic rings. The molecular weight excluding hydrogens is 188 g/mol. The Hall–Kier alpha value is -0.120. The van der Waals surface area contributed by atoms with E-state index in [1.165, 1.54) is 39.0 Å². The average Bonchev–Trinajstić information content (AvgIpc) is 1.97. The van der Waals surface area contributed by atoms with Gasteiger partial charge in [-0.05, 0) is 58.2 Å². The molecule has 2 aliphatic heterocycles. The zero-order valence-electron chi connectivity index (χ0n) is 10.00. The Balaban J connectivity index is 1.81. The highest BCUT2D eigenvalue weighted by Gasteiger charge is 2.32. The molecule has 0 spiro atoms. The van der Waals surface area contributed by atoms with Crippen LogP contribution in [0.4, 0.5) is 0 Å². The Kier molecular flexibility index (Phi) is 3.33. The largest absolute Gasteiger partial charge is 0.389 e. The first-order chi connectivity index (χ1) is 7.04. The van der Waals surface area contributed by atoms with Crippen molar-refractivity contribution in [3.8, 4) is 0 Å². The van der Waals surface area contributed by atoms with E-state index in [9.17, 15) is 5.11 Å². The smallest absolute Gasteiger partial charge is 0.0718 e. The molecule has 0 aliphatic carbocycles. The molecule has 0 aromatic heterocycles. The summed E-state index contributed by atoms with van der Waals surface area (Å²) in [6.45, 7) is 9.41. The summed E-state index contributed by atoms with van der Waals surface area (Å²) < 4.78 is 0. The maximum atomic E-state index is 9.81. The van der Waals surface area contributed by atoms with Gasteiger partial charge in [-0.25, -0.2) is 0 Å². The summed E-state index contributed by atoms with van der Waals surface area (Å²) in [5.41, 5.74) is -0.542. The molecule has 3 heteroatoms. The number of nitrogens with zero attached hydrogens (tertiary/aromatic N) is 1. The van der Waals surface area contributed by atoms with Gasteiger partial charge in [0.05, 0.1) is 5.60 Å². The third-order valence-corrected chi connectivity index (χ3v) is 3.63. The molecule has 2 N–H and O–H groups in total. The Bertz CT molecular complexity index is 208. The van der Waals surface area contributed by atoms with Crippen molar-refractivity contribution in [1.82, 2.24) is 10.2 Å². The maximum Gasteiger partial charge on any atom is 0.0718 e. The summed E-state index contributed by atoms with van der Waals surface area (Å²) in [4.78, 5) is 2.44. The lowest BCUT2D eigenvalue weighted by Gasteiger charge is -2.42. The van der Waals surface area contributed by atoms with E-state index in [-0.39, 0.29) is 0 Å². The molecule has 0 saturated carbocycles. The minimum atomic E-state index is -0.542. The van der Waals surface area contributed by atoms with E-state index >= 15 is 0 Å². The van der Waals surface area contributed by atoms with E-state index in [4.69, 9.17) is 0 Å². The molecule has 1 atom stereocenters. The Morgan fingerprint density at radius 1 is 1.33 bits per heavy atom. The van der Waals surface area contributed by atoms with Crippen LogP contribution in [-0.4, -0.2) is 48.3 Å². The number of hydrogen-bond acceptors (Lipinski definition) is 3. The van der Waals surface area contributed by atoms with Gasteiger partial charge in [0.1, 0.15) is 0 Å². The van der Waals surface area contributed by atoms with Crippen molar-refractivity contribution >= 4 is 0 Å². The summed E-state index contributed by atoms with van der Waals surface area (Å²) in [5, 5.41) is 13.2. The van der Waals surface area contributed by atoms with E-state index < -0.39 is 5.60 Å². The van der Waals surface area contributed by atoms with Crippen molar-refractivity contribution in [2.45, 2.75) is 32.3 Å². The van der Waals surface area contributed by atoms with Gasteiger partial charge in [0.25, 0.3) is 0 Å². The Morgan fingerprint density at radius 2 is 2.07 bits per heavy atom. The number of likely N-dealkylation sites (tertiary alicyclic amines) is 1. The lowest BCUT2D eigenvalue weighted by molar-refractivity contribution is 0.0114. The van der Waals surface area contributed by atoms with Crippen LogP contribution in [0.15, 0.2) is 0 Å². The molecule has 0 aromatic rings. The van der Waals surface area contributed by atoms with Crippen LogP contribution in [0, 0.1) is 11.8 Å². The number of rotatable bonds is 3. The fourth-order valence-electron chi connectivity index (χ4n) is 2.81. The fourth-order valence-corrected chi connectivity index (χ4v) is 2.81. The number of aliphatic hydroxyl groups is 1. The zero-order chi connectivity index (χ0) is 10.9. The van der Waals surface area contributed by atoms with Crippen LogP contribution in [0.2, 0.25) is 0 Å². The molecule has 1 unspecified atom stereocenters. The molecule has 15 heavy (non-hydrogen) atoms. The van der Waals surface area contributed by atoms with Crippen LogP contribution in [-0.2, 0) is 0 Å². The van der Waals surface area contributed by atoms with E-state index in [2.05, 4.69) is 10.2 Å². The first kappa shape index (κ1) is 11.4. The SMILES string of the molecule is CC(C)(O)CN1CCCC(C2CNC2)C1. The van der Waals surface area contributed by atoms with Crippen molar-refractivity contribution in [3.63, 3.8) is 0 Å². The molecule has 2 heterocycles. The summed E-state index contributed by atoms with van der Waals surface area (Å²) in [7, 11) is 0. The first-order valence-electron chi connectivity index (χ1n) is 6.20. The van der Waals surface area contributed by atoms with E-state index in [0.717, 1.165) is 18.4 Å². The van der Waals surface area contributed by atoms with Crippen molar-refractivity contribution in [2.24, 2.45) is 11.8 Å². The molecule has 2 saturated heterocycles. The molecular formula is C12H24N2O. The highest BCUT2D eigenvalue weighted by atomic mass is 16.3. The number of β-amino-alcohol motifs (C(OH)–C–C–N with tert-alkyl or cyclic N) is 1. The first-order valence-corrected chi connectivity index (χ1v) is 6.20. The van der Waals surface area contributed by atoms with Gasteiger partial charge in [-0.15, -0.1) is 0 Å². The Morgan fingerprint density at radius 3 is 2.60 bits per heavy atom. The van der Waals surface area contributed by atoms with Crippen molar-refractivity contribution < 1.29 is 5.11 Å². The standard InChI is InChI=1S/C12H24N2O/c1-12(2,15)9-14-5-3-4-10(8-14)11-6-13-7-11/h10-11,13,15H,3-9H2,1-2H3. The second-order valence-corrected chi connectivity index (χ2v) is 5.87. The minimum absolute atomic E-state index is 0.542. The van der Waals surface area contributed by atoms with Crippen LogP contribution in [0.5, 0.6) is 0 Å². The fraction of sp³-hybridized carbons (Fsp3) is 1.00. The normalized spacial score (nSPS) is 30.2. The van der Waals surface area contributed by atoms with Gasteiger partial charge < -0.3 is 15.3 Å². The second-order valence-electron chi connectivity index (χ2n) is 5.87. The van der Waals surface area contributed by atoms with Crippen molar-refractivity contribution in [2.75, 3.05) is 32.7 Å². The quantitative estimate of drug-likeness (QED) is 0.722. The Labute approximate surface area is 92.8 Å².